The van der Waals surface area contributed by atoms with Crippen LogP contribution in [0.15, 0.2) is 66.9 Å². The topological polar surface area (TPSA) is 87.0 Å². The lowest BCUT2D eigenvalue weighted by atomic mass is 10.1. The number of anilines is 3. The molecular formula is C21H18N4O2. The van der Waals surface area contributed by atoms with Crippen LogP contribution in [0.4, 0.5) is 17.2 Å². The molecule has 6 heteroatoms. The predicted octanol–water partition coefficient (Wildman–Crippen LogP) is 3.89. The van der Waals surface area contributed by atoms with Gasteiger partial charge in [-0.2, -0.15) is 5.26 Å². The molecule has 6 nitrogen and oxygen atoms in total. The van der Waals surface area contributed by atoms with Gasteiger partial charge < -0.3 is 15.4 Å². The Morgan fingerprint density at radius 2 is 1.74 bits per heavy atom. The number of pyridine rings is 1. The van der Waals surface area contributed by atoms with E-state index in [-0.39, 0.29) is 12.3 Å². The molecule has 0 saturated heterocycles. The first kappa shape index (κ1) is 18.0. The molecule has 0 saturated carbocycles. The van der Waals surface area contributed by atoms with Crippen molar-refractivity contribution in [1.82, 2.24) is 4.98 Å². The molecule has 0 bridgehead atoms. The highest BCUT2D eigenvalue weighted by molar-refractivity contribution is 5.92. The Bertz CT molecular complexity index is 943. The zero-order valence-electron chi connectivity index (χ0n) is 14.8. The predicted molar refractivity (Wildman–Crippen MR) is 104 cm³/mol. The van der Waals surface area contributed by atoms with Gasteiger partial charge in [0.15, 0.2) is 0 Å². The summed E-state index contributed by atoms with van der Waals surface area (Å²) in [6.07, 6.45) is 1.87. The molecule has 27 heavy (non-hydrogen) atoms. The van der Waals surface area contributed by atoms with E-state index in [1.807, 2.05) is 36.4 Å². The minimum Gasteiger partial charge on any atom is -0.497 e. The number of amides is 1. The number of methoxy groups -OCH3 is 1. The molecule has 2 aromatic carbocycles. The van der Waals surface area contributed by atoms with Crippen LogP contribution in [-0.2, 0) is 11.2 Å². The maximum absolute atomic E-state index is 12.2. The summed E-state index contributed by atoms with van der Waals surface area (Å²) < 4.78 is 5.11. The Morgan fingerprint density at radius 3 is 2.33 bits per heavy atom. The number of carbonyl (C=O) groups excluding carboxylic acids is 1. The van der Waals surface area contributed by atoms with Crippen molar-refractivity contribution in [3.05, 3.63) is 78.0 Å². The van der Waals surface area contributed by atoms with Gasteiger partial charge in [-0.1, -0.05) is 12.1 Å². The van der Waals surface area contributed by atoms with E-state index in [9.17, 15) is 4.79 Å². The maximum atomic E-state index is 12.2. The number of aromatic nitrogens is 1. The molecule has 1 aromatic heterocycles. The van der Waals surface area contributed by atoms with Crippen LogP contribution in [0.2, 0.25) is 0 Å². The summed E-state index contributed by atoms with van der Waals surface area (Å²) in [6, 6.07) is 20.1. The monoisotopic (exact) mass is 358 g/mol. The molecule has 0 spiro atoms. The van der Waals surface area contributed by atoms with E-state index in [0.717, 1.165) is 17.0 Å². The number of hydrogen-bond donors (Lipinski definition) is 2. The molecule has 1 heterocycles. The lowest BCUT2D eigenvalue weighted by Crippen LogP contribution is -2.14. The van der Waals surface area contributed by atoms with Gasteiger partial charge in [0.05, 0.1) is 37.0 Å². The lowest BCUT2D eigenvalue weighted by Gasteiger charge is -2.08. The summed E-state index contributed by atoms with van der Waals surface area (Å²) in [5.74, 6) is 1.29. The molecule has 3 aromatic rings. The number of nitrogens with zero attached hydrogens (tertiary/aromatic N) is 2. The minimum atomic E-state index is -0.116. The molecule has 0 aliphatic heterocycles. The Hall–Kier alpha value is -3.85. The van der Waals surface area contributed by atoms with Gasteiger partial charge in [-0.15, -0.1) is 0 Å². The molecule has 0 unspecified atom stereocenters. The number of carbonyl (C=O) groups is 1. The summed E-state index contributed by atoms with van der Waals surface area (Å²) in [6.45, 7) is 0. The third kappa shape index (κ3) is 5.06. The van der Waals surface area contributed by atoms with Crippen LogP contribution < -0.4 is 15.4 Å². The Kier molecular flexibility index (Phi) is 5.65. The summed E-state index contributed by atoms with van der Waals surface area (Å²) in [5, 5.41) is 14.8. The summed E-state index contributed by atoms with van der Waals surface area (Å²) >= 11 is 0. The Balaban J connectivity index is 1.56. The van der Waals surface area contributed by atoms with Gasteiger partial charge in [0.25, 0.3) is 0 Å². The second-order valence-corrected chi connectivity index (χ2v) is 5.82. The van der Waals surface area contributed by atoms with Crippen molar-refractivity contribution in [2.75, 3.05) is 17.7 Å². The van der Waals surface area contributed by atoms with Crippen LogP contribution in [0, 0.1) is 11.3 Å². The van der Waals surface area contributed by atoms with E-state index < -0.39 is 0 Å². The summed E-state index contributed by atoms with van der Waals surface area (Å²) in [5.41, 5.74) is 2.96. The zero-order chi connectivity index (χ0) is 19.1. The molecule has 134 valence electrons. The van der Waals surface area contributed by atoms with Crippen molar-refractivity contribution < 1.29 is 9.53 Å². The first-order valence-electron chi connectivity index (χ1n) is 8.32. The average molecular weight is 358 g/mol. The highest BCUT2D eigenvalue weighted by Gasteiger charge is 2.05. The van der Waals surface area contributed by atoms with Crippen molar-refractivity contribution in [2.24, 2.45) is 0 Å². The fraction of sp³-hybridized carbons (Fsp3) is 0.0952. The first-order valence-corrected chi connectivity index (χ1v) is 8.32. The van der Waals surface area contributed by atoms with Gasteiger partial charge in [0.1, 0.15) is 11.6 Å². The second-order valence-electron chi connectivity index (χ2n) is 5.82. The fourth-order valence-electron chi connectivity index (χ4n) is 2.45. The van der Waals surface area contributed by atoms with Crippen molar-refractivity contribution >= 4 is 23.1 Å². The SMILES string of the molecule is COc1ccc(CC(=O)Nc2ccc(Nc3ccc(C#N)cc3)nc2)cc1. The molecule has 1 amide bonds. The second kappa shape index (κ2) is 8.50. The average Bonchev–Trinajstić information content (AvgIpc) is 2.70. The van der Waals surface area contributed by atoms with E-state index >= 15 is 0 Å². The number of rotatable bonds is 6. The fourth-order valence-corrected chi connectivity index (χ4v) is 2.45. The van der Waals surface area contributed by atoms with Gasteiger partial charge in [-0.05, 0) is 54.1 Å². The third-order valence-electron chi connectivity index (χ3n) is 3.86. The van der Waals surface area contributed by atoms with Crippen molar-refractivity contribution in [3.8, 4) is 11.8 Å². The highest BCUT2D eigenvalue weighted by atomic mass is 16.5. The van der Waals surface area contributed by atoms with Gasteiger partial charge >= 0.3 is 0 Å². The van der Waals surface area contributed by atoms with Crippen LogP contribution in [-0.4, -0.2) is 18.0 Å². The zero-order valence-corrected chi connectivity index (χ0v) is 14.8. The van der Waals surface area contributed by atoms with Gasteiger partial charge in [0.2, 0.25) is 5.91 Å². The molecule has 2 N–H and O–H groups in total. The molecular weight excluding hydrogens is 340 g/mol. The van der Waals surface area contributed by atoms with Crippen LogP contribution in [0.3, 0.4) is 0 Å². The van der Waals surface area contributed by atoms with Crippen LogP contribution >= 0.6 is 0 Å². The largest absolute Gasteiger partial charge is 0.497 e. The van der Waals surface area contributed by atoms with Crippen molar-refractivity contribution in [3.63, 3.8) is 0 Å². The molecule has 3 rings (SSSR count). The summed E-state index contributed by atoms with van der Waals surface area (Å²) in [4.78, 5) is 16.5. The minimum absolute atomic E-state index is 0.116. The summed E-state index contributed by atoms with van der Waals surface area (Å²) in [7, 11) is 1.61. The molecule has 0 fully saturated rings. The Labute approximate surface area is 157 Å². The van der Waals surface area contributed by atoms with Gasteiger partial charge in [0, 0.05) is 5.69 Å². The van der Waals surface area contributed by atoms with Crippen molar-refractivity contribution in [2.45, 2.75) is 6.42 Å². The van der Waals surface area contributed by atoms with Crippen molar-refractivity contribution in [1.29, 1.82) is 5.26 Å². The maximum Gasteiger partial charge on any atom is 0.228 e. The van der Waals surface area contributed by atoms with Crippen LogP contribution in [0.1, 0.15) is 11.1 Å². The van der Waals surface area contributed by atoms with E-state index in [1.54, 1.807) is 37.6 Å². The number of ether oxygens (including phenoxy) is 1. The standard InChI is InChI=1S/C21H18N4O2/c1-27-19-9-4-15(5-10-19)12-21(26)25-18-8-11-20(23-14-18)24-17-6-2-16(13-22)3-7-17/h2-11,14H,12H2,1H3,(H,23,24)(H,25,26). The number of nitriles is 1. The normalized spacial score (nSPS) is 9.93. The van der Waals surface area contributed by atoms with E-state index in [1.165, 1.54) is 0 Å². The van der Waals surface area contributed by atoms with E-state index in [4.69, 9.17) is 10.00 Å². The van der Waals surface area contributed by atoms with Crippen LogP contribution in [0.5, 0.6) is 5.75 Å². The lowest BCUT2D eigenvalue weighted by molar-refractivity contribution is -0.115. The molecule has 0 aliphatic rings. The first-order chi connectivity index (χ1) is 13.2. The quantitative estimate of drug-likeness (QED) is 0.698. The molecule has 0 aliphatic carbocycles. The van der Waals surface area contributed by atoms with Crippen LogP contribution in [0.25, 0.3) is 0 Å². The van der Waals surface area contributed by atoms with Gasteiger partial charge in [-0.25, -0.2) is 4.98 Å². The van der Waals surface area contributed by atoms with E-state index in [0.29, 0.717) is 17.1 Å². The molecule has 0 atom stereocenters. The smallest absolute Gasteiger partial charge is 0.228 e. The number of nitrogens with one attached hydrogen (secondary N) is 2. The highest BCUT2D eigenvalue weighted by Crippen LogP contribution is 2.17. The Morgan fingerprint density at radius 1 is 1.04 bits per heavy atom. The number of benzene rings is 2. The molecule has 0 radical (unpaired) electrons. The van der Waals surface area contributed by atoms with E-state index in [2.05, 4.69) is 21.7 Å². The third-order valence-corrected chi connectivity index (χ3v) is 3.86. The van der Waals surface area contributed by atoms with Gasteiger partial charge in [-0.3, -0.25) is 4.79 Å². The number of hydrogen-bond acceptors (Lipinski definition) is 5.